The van der Waals surface area contributed by atoms with Gasteiger partial charge in [-0.05, 0) is 54.2 Å². The highest BCUT2D eigenvalue weighted by Gasteiger charge is 2.24. The predicted molar refractivity (Wildman–Crippen MR) is 144 cm³/mol. The van der Waals surface area contributed by atoms with Crippen molar-refractivity contribution >= 4 is 80.3 Å². The van der Waals surface area contributed by atoms with E-state index in [4.69, 9.17) is 23.2 Å². The Labute approximate surface area is 215 Å². The van der Waals surface area contributed by atoms with Crippen LogP contribution < -0.4 is 10.6 Å². The number of carbonyl (C=O) groups is 2. The van der Waals surface area contributed by atoms with E-state index in [1.807, 2.05) is 71.4 Å². The van der Waals surface area contributed by atoms with Crippen LogP contribution in [0.5, 0.6) is 0 Å². The number of aromatic nitrogens is 1. The van der Waals surface area contributed by atoms with E-state index in [2.05, 4.69) is 15.6 Å². The lowest BCUT2D eigenvalue weighted by molar-refractivity contribution is -0.117. The van der Waals surface area contributed by atoms with Gasteiger partial charge < -0.3 is 15.2 Å². The molecule has 3 aromatic carbocycles. The van der Waals surface area contributed by atoms with Crippen molar-refractivity contribution in [2.75, 3.05) is 5.32 Å². The second-order valence-electron chi connectivity index (χ2n) is 7.72. The molecule has 0 spiro atoms. The van der Waals surface area contributed by atoms with Crippen LogP contribution in [0.25, 0.3) is 17.0 Å². The fourth-order valence-electron chi connectivity index (χ4n) is 3.69. The van der Waals surface area contributed by atoms with Crippen molar-refractivity contribution in [2.24, 2.45) is 4.99 Å². The van der Waals surface area contributed by atoms with Gasteiger partial charge in [0.1, 0.15) is 6.54 Å². The molecule has 5 rings (SSSR count). The topological polar surface area (TPSA) is 75.5 Å². The van der Waals surface area contributed by atoms with Gasteiger partial charge in [0.25, 0.3) is 5.91 Å². The van der Waals surface area contributed by atoms with E-state index in [9.17, 15) is 9.59 Å². The first kappa shape index (κ1) is 23.2. The van der Waals surface area contributed by atoms with Crippen LogP contribution in [0.4, 0.5) is 11.4 Å². The Morgan fingerprint density at radius 3 is 2.60 bits per heavy atom. The number of rotatable bonds is 5. The number of amidine groups is 1. The molecule has 1 aliphatic heterocycles. The molecule has 1 saturated heterocycles. The number of nitrogens with zero attached hydrogens (tertiary/aromatic N) is 2. The lowest BCUT2D eigenvalue weighted by Crippen LogP contribution is -2.19. The molecular weight excluding hydrogens is 503 g/mol. The van der Waals surface area contributed by atoms with Gasteiger partial charge in [-0.2, -0.15) is 0 Å². The molecule has 1 aliphatic rings. The molecule has 0 aliphatic carbocycles. The van der Waals surface area contributed by atoms with Gasteiger partial charge in [-0.25, -0.2) is 4.99 Å². The molecule has 1 fully saturated rings. The summed E-state index contributed by atoms with van der Waals surface area (Å²) < 4.78 is 1.88. The molecule has 0 atom stereocenters. The Morgan fingerprint density at radius 2 is 1.80 bits per heavy atom. The summed E-state index contributed by atoms with van der Waals surface area (Å²) in [4.78, 5) is 30.2. The van der Waals surface area contributed by atoms with Gasteiger partial charge in [0.15, 0.2) is 5.17 Å². The zero-order chi connectivity index (χ0) is 24.4. The average molecular weight is 521 g/mol. The average Bonchev–Trinajstić information content (AvgIpc) is 3.36. The Morgan fingerprint density at radius 1 is 1.03 bits per heavy atom. The van der Waals surface area contributed by atoms with Gasteiger partial charge in [0.05, 0.1) is 20.6 Å². The van der Waals surface area contributed by atoms with E-state index in [0.717, 1.165) is 22.2 Å². The van der Waals surface area contributed by atoms with Crippen LogP contribution in [-0.4, -0.2) is 21.5 Å². The summed E-state index contributed by atoms with van der Waals surface area (Å²) in [5.41, 5.74) is 3.06. The first-order valence-electron chi connectivity index (χ1n) is 10.6. The monoisotopic (exact) mass is 520 g/mol. The van der Waals surface area contributed by atoms with E-state index < -0.39 is 0 Å². The van der Waals surface area contributed by atoms with Crippen molar-refractivity contribution in [3.05, 3.63) is 99.5 Å². The number of thioether (sulfide) groups is 1. The molecule has 0 bridgehead atoms. The lowest BCUT2D eigenvalue weighted by atomic mass is 10.1. The summed E-state index contributed by atoms with van der Waals surface area (Å²) in [6.45, 7) is 0.141. The van der Waals surface area contributed by atoms with E-state index in [0.29, 0.717) is 25.8 Å². The number of hydrogen-bond donors (Lipinski definition) is 2. The summed E-state index contributed by atoms with van der Waals surface area (Å²) in [6.07, 6.45) is 3.69. The highest BCUT2D eigenvalue weighted by atomic mass is 35.5. The van der Waals surface area contributed by atoms with Crippen molar-refractivity contribution in [3.8, 4) is 0 Å². The molecule has 4 aromatic rings. The highest BCUT2D eigenvalue weighted by Crippen LogP contribution is 2.32. The minimum atomic E-state index is -0.243. The maximum absolute atomic E-state index is 12.6. The zero-order valence-electron chi connectivity index (χ0n) is 18.2. The maximum atomic E-state index is 12.6. The smallest absolute Gasteiger partial charge is 0.264 e. The number of amides is 2. The third-order valence-electron chi connectivity index (χ3n) is 5.26. The van der Waals surface area contributed by atoms with Crippen molar-refractivity contribution in [3.63, 3.8) is 0 Å². The third kappa shape index (κ3) is 5.27. The molecule has 2 N–H and O–H groups in total. The van der Waals surface area contributed by atoms with Crippen LogP contribution in [-0.2, 0) is 16.1 Å². The summed E-state index contributed by atoms with van der Waals surface area (Å²) in [7, 11) is 0. The summed E-state index contributed by atoms with van der Waals surface area (Å²) in [6, 6.07) is 22.1. The quantitative estimate of drug-likeness (QED) is 0.295. The summed E-state index contributed by atoms with van der Waals surface area (Å²) >= 11 is 13.3. The van der Waals surface area contributed by atoms with Crippen LogP contribution in [0.3, 0.4) is 0 Å². The number of fused-ring (bicyclic) bond motifs is 1. The van der Waals surface area contributed by atoms with Gasteiger partial charge in [-0.3, -0.25) is 9.59 Å². The molecular formula is C26H18Cl2N4O2S. The maximum Gasteiger partial charge on any atom is 0.264 e. The number of anilines is 1. The second kappa shape index (κ2) is 10.00. The largest absolute Gasteiger partial charge is 0.337 e. The number of hydrogen-bond acceptors (Lipinski definition) is 4. The van der Waals surface area contributed by atoms with E-state index in [-0.39, 0.29) is 18.4 Å². The van der Waals surface area contributed by atoms with Gasteiger partial charge in [0, 0.05) is 28.4 Å². The number of halogens is 2. The molecule has 2 heterocycles. The van der Waals surface area contributed by atoms with Crippen molar-refractivity contribution < 1.29 is 9.59 Å². The number of aliphatic imine (C=N–C) groups is 1. The molecule has 9 heteroatoms. The van der Waals surface area contributed by atoms with Gasteiger partial charge >= 0.3 is 0 Å². The van der Waals surface area contributed by atoms with Crippen molar-refractivity contribution in [2.45, 2.75) is 6.54 Å². The SMILES string of the molecule is O=C(Cn1cc(/C=C2/SC(=Nc3ccc(Cl)c(Cl)c3)NC2=O)c2ccccc21)Nc1ccccc1. The minimum absolute atomic E-state index is 0.139. The van der Waals surface area contributed by atoms with Gasteiger partial charge in [0.2, 0.25) is 5.91 Å². The number of carbonyl (C=O) groups excluding carboxylic acids is 2. The molecule has 0 unspecified atom stereocenters. The minimum Gasteiger partial charge on any atom is -0.337 e. The van der Waals surface area contributed by atoms with E-state index in [1.54, 1.807) is 18.2 Å². The Balaban J connectivity index is 1.40. The van der Waals surface area contributed by atoms with Crippen LogP contribution in [0.2, 0.25) is 10.0 Å². The van der Waals surface area contributed by atoms with Gasteiger partial charge in [-0.1, -0.05) is 59.6 Å². The fourth-order valence-corrected chi connectivity index (χ4v) is 4.82. The van der Waals surface area contributed by atoms with E-state index in [1.165, 1.54) is 11.8 Å². The second-order valence-corrected chi connectivity index (χ2v) is 9.57. The molecule has 35 heavy (non-hydrogen) atoms. The first-order valence-corrected chi connectivity index (χ1v) is 12.2. The van der Waals surface area contributed by atoms with Gasteiger partial charge in [-0.15, -0.1) is 0 Å². The highest BCUT2D eigenvalue weighted by molar-refractivity contribution is 8.18. The number of nitrogens with one attached hydrogen (secondary N) is 2. The van der Waals surface area contributed by atoms with Crippen LogP contribution in [0, 0.1) is 0 Å². The fraction of sp³-hybridized carbons (Fsp3) is 0.0385. The van der Waals surface area contributed by atoms with Crippen LogP contribution >= 0.6 is 35.0 Å². The molecule has 174 valence electrons. The lowest BCUT2D eigenvalue weighted by Gasteiger charge is -2.07. The molecule has 0 saturated carbocycles. The normalized spacial score (nSPS) is 15.7. The summed E-state index contributed by atoms with van der Waals surface area (Å²) in [5.74, 6) is -0.382. The Hall–Kier alpha value is -3.52. The molecule has 2 amide bonds. The zero-order valence-corrected chi connectivity index (χ0v) is 20.5. The standard InChI is InChI=1S/C26H18Cl2N4O2S/c27-20-11-10-18(13-21(20)28)30-26-31-25(34)23(35-26)12-16-14-32(22-9-5-4-8-19(16)22)15-24(33)29-17-6-2-1-3-7-17/h1-14H,15H2,(H,29,33)(H,30,31,34)/b23-12+. The first-order chi connectivity index (χ1) is 17.0. The number of para-hydroxylation sites is 2. The Kier molecular flexibility index (Phi) is 6.63. The van der Waals surface area contributed by atoms with Crippen LogP contribution in [0.15, 0.2) is 88.9 Å². The molecule has 0 radical (unpaired) electrons. The molecule has 6 nitrogen and oxygen atoms in total. The Bertz CT molecular complexity index is 1510. The summed E-state index contributed by atoms with van der Waals surface area (Å²) in [5, 5.41) is 7.90. The molecule has 1 aromatic heterocycles. The van der Waals surface area contributed by atoms with Crippen LogP contribution in [0.1, 0.15) is 5.56 Å². The van der Waals surface area contributed by atoms with Crippen molar-refractivity contribution in [1.29, 1.82) is 0 Å². The number of benzene rings is 3. The predicted octanol–water partition coefficient (Wildman–Crippen LogP) is 6.48. The third-order valence-corrected chi connectivity index (χ3v) is 6.91. The van der Waals surface area contributed by atoms with Crippen molar-refractivity contribution in [1.82, 2.24) is 9.88 Å². The van der Waals surface area contributed by atoms with E-state index >= 15 is 0 Å².